The minimum absolute atomic E-state index is 0.201. The average Bonchev–Trinajstić information content (AvgIpc) is 3.43. The molecule has 0 spiro atoms. The molecule has 1 aliphatic heterocycles. The topological polar surface area (TPSA) is 41.5 Å². The van der Waals surface area contributed by atoms with Gasteiger partial charge in [0.25, 0.3) is 0 Å². The molecular weight excluding hydrogens is 469 g/mol. The summed E-state index contributed by atoms with van der Waals surface area (Å²) in [4.78, 5) is 1.33. The van der Waals surface area contributed by atoms with Crippen molar-refractivity contribution in [2.75, 3.05) is 5.32 Å². The SMILES string of the molecule is CC(C)(O)C(C)(C)O[B]c1ccc2sc3cc(C4Nc5ccc6ccccc6c5S4)ccc3c2c1. The monoisotopic (exact) mass is 496 g/mol. The third-order valence-electron chi connectivity index (χ3n) is 7.19. The summed E-state index contributed by atoms with van der Waals surface area (Å²) in [7, 11) is 1.76. The van der Waals surface area contributed by atoms with E-state index in [1.165, 1.54) is 47.1 Å². The number of hydrogen-bond donors (Lipinski definition) is 2. The summed E-state index contributed by atoms with van der Waals surface area (Å²) in [6.45, 7) is 7.35. The van der Waals surface area contributed by atoms with Crippen molar-refractivity contribution in [3.8, 4) is 0 Å². The Hall–Kier alpha value is -2.51. The molecule has 1 unspecified atom stereocenters. The van der Waals surface area contributed by atoms with E-state index in [9.17, 15) is 5.11 Å². The zero-order valence-corrected chi connectivity index (χ0v) is 21.9. The minimum atomic E-state index is -0.947. The van der Waals surface area contributed by atoms with Crippen LogP contribution in [0.15, 0.2) is 77.7 Å². The lowest BCUT2D eigenvalue weighted by atomic mass is 9.82. The molecule has 0 amide bonds. The van der Waals surface area contributed by atoms with Crippen LogP contribution in [0.5, 0.6) is 0 Å². The minimum Gasteiger partial charge on any atom is -0.427 e. The van der Waals surface area contributed by atoms with Gasteiger partial charge >= 0.3 is 7.48 Å². The number of aliphatic hydroxyl groups is 1. The molecular formula is C29H27BNO2S2. The van der Waals surface area contributed by atoms with Gasteiger partial charge in [0.15, 0.2) is 0 Å². The predicted octanol–water partition coefficient (Wildman–Crippen LogP) is 7.23. The Morgan fingerprint density at radius 3 is 2.51 bits per heavy atom. The Labute approximate surface area is 214 Å². The summed E-state index contributed by atoms with van der Waals surface area (Å²) < 4.78 is 8.53. The van der Waals surface area contributed by atoms with Crippen molar-refractivity contribution in [1.29, 1.82) is 0 Å². The highest BCUT2D eigenvalue weighted by Gasteiger charge is 2.35. The fraction of sp³-hybridized carbons (Fsp3) is 0.241. The van der Waals surface area contributed by atoms with Crippen LogP contribution in [0.1, 0.15) is 38.6 Å². The Morgan fingerprint density at radius 1 is 0.857 bits per heavy atom. The van der Waals surface area contributed by atoms with Crippen molar-refractivity contribution in [1.82, 2.24) is 0 Å². The van der Waals surface area contributed by atoms with E-state index in [1.807, 2.05) is 36.9 Å². The largest absolute Gasteiger partial charge is 0.427 e. The van der Waals surface area contributed by atoms with Crippen LogP contribution in [0.3, 0.4) is 0 Å². The summed E-state index contributed by atoms with van der Waals surface area (Å²) in [5, 5.41) is 19.4. The number of benzene rings is 4. The van der Waals surface area contributed by atoms with E-state index in [4.69, 9.17) is 4.65 Å². The molecule has 1 aromatic heterocycles. The van der Waals surface area contributed by atoms with E-state index in [0.29, 0.717) is 0 Å². The molecule has 1 radical (unpaired) electrons. The molecule has 2 heterocycles. The number of anilines is 1. The number of hydrogen-bond acceptors (Lipinski definition) is 5. The Kier molecular flexibility index (Phi) is 5.42. The van der Waals surface area contributed by atoms with Crippen LogP contribution in [-0.4, -0.2) is 23.8 Å². The molecule has 175 valence electrons. The quantitative estimate of drug-likeness (QED) is 0.252. The van der Waals surface area contributed by atoms with Gasteiger partial charge < -0.3 is 15.1 Å². The fourth-order valence-electron chi connectivity index (χ4n) is 4.33. The van der Waals surface area contributed by atoms with E-state index in [0.717, 1.165) is 5.46 Å². The van der Waals surface area contributed by atoms with Crippen molar-refractivity contribution in [2.45, 2.75) is 49.2 Å². The molecule has 2 N–H and O–H groups in total. The van der Waals surface area contributed by atoms with Gasteiger partial charge in [-0.1, -0.05) is 71.8 Å². The van der Waals surface area contributed by atoms with Crippen LogP contribution >= 0.6 is 23.1 Å². The van der Waals surface area contributed by atoms with Crippen LogP contribution in [0, 0.1) is 0 Å². The Bertz CT molecular complexity index is 1590. The van der Waals surface area contributed by atoms with Gasteiger partial charge in [-0.3, -0.25) is 0 Å². The molecule has 1 atom stereocenters. The highest BCUT2D eigenvalue weighted by atomic mass is 32.2. The highest BCUT2D eigenvalue weighted by molar-refractivity contribution is 8.00. The maximum absolute atomic E-state index is 10.4. The zero-order chi connectivity index (χ0) is 24.4. The first kappa shape index (κ1) is 22.9. The summed E-state index contributed by atoms with van der Waals surface area (Å²) >= 11 is 3.72. The van der Waals surface area contributed by atoms with Crippen molar-refractivity contribution >= 4 is 72.7 Å². The summed E-state index contributed by atoms with van der Waals surface area (Å²) in [5.41, 5.74) is 1.86. The first-order valence-corrected chi connectivity index (χ1v) is 13.5. The van der Waals surface area contributed by atoms with Crippen molar-refractivity contribution in [2.24, 2.45) is 0 Å². The number of thioether (sulfide) groups is 1. The molecule has 5 aromatic rings. The third kappa shape index (κ3) is 4.03. The second kappa shape index (κ2) is 8.27. The third-order valence-corrected chi connectivity index (χ3v) is 9.62. The van der Waals surface area contributed by atoms with Gasteiger partial charge in [0, 0.05) is 25.4 Å². The summed E-state index contributed by atoms with van der Waals surface area (Å²) in [6.07, 6.45) is 0. The molecule has 0 bridgehead atoms. The molecule has 0 aliphatic carbocycles. The van der Waals surface area contributed by atoms with Gasteiger partial charge in [0.2, 0.25) is 0 Å². The molecule has 35 heavy (non-hydrogen) atoms. The van der Waals surface area contributed by atoms with E-state index in [2.05, 4.69) is 78.1 Å². The zero-order valence-electron chi connectivity index (χ0n) is 20.3. The summed E-state index contributed by atoms with van der Waals surface area (Å²) in [6, 6.07) is 26.2. The van der Waals surface area contributed by atoms with Crippen LogP contribution in [0.25, 0.3) is 30.9 Å². The average molecular weight is 496 g/mol. The van der Waals surface area contributed by atoms with Gasteiger partial charge in [-0.25, -0.2) is 0 Å². The lowest BCUT2D eigenvalue weighted by Gasteiger charge is -2.37. The van der Waals surface area contributed by atoms with E-state index in [-0.39, 0.29) is 5.37 Å². The van der Waals surface area contributed by atoms with Crippen molar-refractivity contribution in [3.05, 3.63) is 78.4 Å². The molecule has 0 saturated carbocycles. The smallest absolute Gasteiger partial charge is 0.330 e. The number of fused-ring (bicyclic) bond motifs is 6. The second-order valence-corrected chi connectivity index (χ2v) is 12.4. The molecule has 0 fully saturated rings. The lowest BCUT2D eigenvalue weighted by molar-refractivity contribution is -0.0893. The van der Waals surface area contributed by atoms with Gasteiger partial charge in [0.05, 0.1) is 11.2 Å². The Morgan fingerprint density at radius 2 is 1.69 bits per heavy atom. The molecule has 0 saturated heterocycles. The lowest BCUT2D eigenvalue weighted by Crippen LogP contribution is -2.49. The molecule has 1 aliphatic rings. The predicted molar refractivity (Wildman–Crippen MR) is 152 cm³/mol. The normalized spacial score (nSPS) is 16.1. The molecule has 3 nitrogen and oxygen atoms in total. The Balaban J connectivity index is 1.29. The van der Waals surface area contributed by atoms with Crippen LogP contribution in [0.4, 0.5) is 5.69 Å². The fourth-order valence-corrected chi connectivity index (χ4v) is 6.74. The molecule has 6 heteroatoms. The van der Waals surface area contributed by atoms with Gasteiger partial charge in [-0.05, 0) is 67.6 Å². The summed E-state index contributed by atoms with van der Waals surface area (Å²) in [5.74, 6) is 0. The van der Waals surface area contributed by atoms with Crippen LogP contribution < -0.4 is 10.8 Å². The van der Waals surface area contributed by atoms with Gasteiger partial charge in [-0.2, -0.15) is 0 Å². The van der Waals surface area contributed by atoms with E-state index >= 15 is 0 Å². The highest BCUT2D eigenvalue weighted by Crippen LogP contribution is 2.50. The first-order chi connectivity index (χ1) is 16.7. The number of rotatable bonds is 5. The van der Waals surface area contributed by atoms with E-state index < -0.39 is 11.2 Å². The standard InChI is InChI=1S/C29H27BNO2S2/c1-28(2,32)29(3,4)33-30-19-11-14-24-22(16-19)21-12-9-18(15-25(21)34-24)27-31-23-13-10-17-7-5-6-8-20(17)26(23)35-27/h5-16,27,31-32H,1-4H3. The van der Waals surface area contributed by atoms with Gasteiger partial charge in [0.1, 0.15) is 5.37 Å². The maximum atomic E-state index is 10.4. The second-order valence-electron chi connectivity index (χ2n) is 10.2. The maximum Gasteiger partial charge on any atom is 0.330 e. The number of thiophene rings is 1. The van der Waals surface area contributed by atoms with Crippen LogP contribution in [0.2, 0.25) is 0 Å². The van der Waals surface area contributed by atoms with Gasteiger partial charge in [-0.15, -0.1) is 11.3 Å². The number of nitrogens with one attached hydrogen (secondary N) is 1. The van der Waals surface area contributed by atoms with Crippen molar-refractivity contribution in [3.63, 3.8) is 0 Å². The first-order valence-electron chi connectivity index (χ1n) is 11.8. The molecule has 4 aromatic carbocycles. The van der Waals surface area contributed by atoms with E-state index in [1.54, 1.807) is 21.3 Å². The van der Waals surface area contributed by atoms with Crippen molar-refractivity contribution < 1.29 is 9.76 Å². The molecule has 6 rings (SSSR count). The van der Waals surface area contributed by atoms with Crippen LogP contribution in [-0.2, 0) is 4.65 Å².